The second-order valence-electron chi connectivity index (χ2n) is 6.75. The van der Waals surface area contributed by atoms with Crippen LogP contribution in [0.1, 0.15) is 36.2 Å². The summed E-state index contributed by atoms with van der Waals surface area (Å²) in [4.78, 5) is 18.8. The molecule has 0 aliphatic carbocycles. The van der Waals surface area contributed by atoms with Gasteiger partial charge >= 0.3 is 0 Å². The van der Waals surface area contributed by atoms with Crippen LogP contribution in [-0.2, 0) is 18.3 Å². The number of piperidine rings is 1. The van der Waals surface area contributed by atoms with Gasteiger partial charge in [0.05, 0.1) is 22.7 Å². The monoisotopic (exact) mass is 344 g/mol. The van der Waals surface area contributed by atoms with Crippen LogP contribution in [0.5, 0.6) is 0 Å². The number of benzene rings is 2. The maximum Gasteiger partial charge on any atom is 0.226 e. The fraction of sp³-hybridized carbons (Fsp3) is 0.286. The van der Waals surface area contributed by atoms with E-state index in [-0.39, 0.29) is 5.91 Å². The van der Waals surface area contributed by atoms with Crippen molar-refractivity contribution >= 4 is 22.6 Å². The SMILES string of the molecule is Cn1c(Cc2ccc(C#N)cc2)nc2cc(N3CCCCC3=O)ccc21. The normalized spacial score (nSPS) is 14.6. The van der Waals surface area contributed by atoms with Crippen molar-refractivity contribution in [2.24, 2.45) is 7.05 Å². The van der Waals surface area contributed by atoms with Crippen LogP contribution in [0.25, 0.3) is 11.0 Å². The standard InChI is InChI=1S/C21H20N4O/c1-24-19-10-9-17(25-11-3-2-4-21(25)26)13-18(19)23-20(24)12-15-5-7-16(14-22)8-6-15/h5-10,13H,2-4,11-12H2,1H3. The van der Waals surface area contributed by atoms with E-state index in [1.165, 1.54) is 0 Å². The summed E-state index contributed by atoms with van der Waals surface area (Å²) < 4.78 is 2.09. The molecule has 2 heterocycles. The molecular weight excluding hydrogens is 324 g/mol. The van der Waals surface area contributed by atoms with E-state index in [1.54, 1.807) is 0 Å². The molecule has 5 heteroatoms. The van der Waals surface area contributed by atoms with Gasteiger partial charge in [-0.05, 0) is 48.7 Å². The fourth-order valence-electron chi connectivity index (χ4n) is 3.52. The molecule has 2 aromatic carbocycles. The van der Waals surface area contributed by atoms with E-state index in [4.69, 9.17) is 10.2 Å². The molecule has 0 saturated carbocycles. The van der Waals surface area contributed by atoms with Gasteiger partial charge < -0.3 is 9.47 Å². The summed E-state index contributed by atoms with van der Waals surface area (Å²) in [7, 11) is 2.01. The van der Waals surface area contributed by atoms with Crippen molar-refractivity contribution in [2.75, 3.05) is 11.4 Å². The highest BCUT2D eigenvalue weighted by atomic mass is 16.2. The lowest BCUT2D eigenvalue weighted by Crippen LogP contribution is -2.35. The number of amides is 1. The molecule has 0 N–H and O–H groups in total. The number of fused-ring (bicyclic) bond motifs is 1. The molecule has 130 valence electrons. The van der Waals surface area contributed by atoms with Gasteiger partial charge in [-0.25, -0.2) is 4.98 Å². The number of nitrogens with zero attached hydrogens (tertiary/aromatic N) is 4. The van der Waals surface area contributed by atoms with Gasteiger partial charge in [0.2, 0.25) is 5.91 Å². The average Bonchev–Trinajstić information content (AvgIpc) is 2.98. The van der Waals surface area contributed by atoms with Gasteiger partial charge in [-0.2, -0.15) is 5.26 Å². The second kappa shape index (κ2) is 6.64. The van der Waals surface area contributed by atoms with Crippen LogP contribution >= 0.6 is 0 Å². The van der Waals surface area contributed by atoms with Crippen molar-refractivity contribution in [2.45, 2.75) is 25.7 Å². The van der Waals surface area contributed by atoms with E-state index in [0.29, 0.717) is 18.4 Å². The highest BCUT2D eigenvalue weighted by Gasteiger charge is 2.20. The molecule has 1 aromatic heterocycles. The van der Waals surface area contributed by atoms with Crippen LogP contribution in [-0.4, -0.2) is 22.0 Å². The van der Waals surface area contributed by atoms with Crippen LogP contribution in [0.4, 0.5) is 5.69 Å². The number of rotatable bonds is 3. The minimum absolute atomic E-state index is 0.198. The lowest BCUT2D eigenvalue weighted by molar-refractivity contribution is -0.119. The summed E-state index contributed by atoms with van der Waals surface area (Å²) in [6.45, 7) is 0.787. The number of carbonyl (C=O) groups is 1. The molecule has 5 nitrogen and oxygen atoms in total. The molecule has 0 atom stereocenters. The predicted octanol–water partition coefficient (Wildman–Crippen LogP) is 3.55. The fourth-order valence-corrected chi connectivity index (χ4v) is 3.52. The van der Waals surface area contributed by atoms with Crippen LogP contribution in [0, 0.1) is 11.3 Å². The molecule has 1 aliphatic rings. The number of aromatic nitrogens is 2. The highest BCUT2D eigenvalue weighted by Crippen LogP contribution is 2.26. The number of imidazole rings is 1. The molecule has 0 bridgehead atoms. The summed E-state index contributed by atoms with van der Waals surface area (Å²) in [5.41, 5.74) is 4.68. The van der Waals surface area contributed by atoms with E-state index >= 15 is 0 Å². The molecule has 1 amide bonds. The zero-order valence-corrected chi connectivity index (χ0v) is 14.8. The van der Waals surface area contributed by atoms with E-state index < -0.39 is 0 Å². The van der Waals surface area contributed by atoms with Gasteiger partial charge in [-0.15, -0.1) is 0 Å². The van der Waals surface area contributed by atoms with Gasteiger partial charge in [0.15, 0.2) is 0 Å². The summed E-state index contributed by atoms with van der Waals surface area (Å²) in [6.07, 6.45) is 3.37. The third-order valence-electron chi connectivity index (χ3n) is 5.04. The Morgan fingerprint density at radius 2 is 1.96 bits per heavy atom. The quantitative estimate of drug-likeness (QED) is 0.730. The van der Waals surface area contributed by atoms with Gasteiger partial charge in [-0.1, -0.05) is 12.1 Å². The average molecular weight is 344 g/mol. The van der Waals surface area contributed by atoms with Gasteiger partial charge in [0, 0.05) is 32.1 Å². The second-order valence-corrected chi connectivity index (χ2v) is 6.75. The lowest BCUT2D eigenvalue weighted by atomic mass is 10.1. The van der Waals surface area contributed by atoms with Crippen molar-refractivity contribution in [3.63, 3.8) is 0 Å². The van der Waals surface area contributed by atoms with Crippen molar-refractivity contribution in [1.82, 2.24) is 9.55 Å². The van der Waals surface area contributed by atoms with Crippen molar-refractivity contribution in [1.29, 1.82) is 5.26 Å². The molecule has 0 spiro atoms. The van der Waals surface area contributed by atoms with Crippen molar-refractivity contribution < 1.29 is 4.79 Å². The number of hydrogen-bond donors (Lipinski definition) is 0. The minimum Gasteiger partial charge on any atom is -0.331 e. The van der Waals surface area contributed by atoms with E-state index in [9.17, 15) is 4.79 Å². The lowest BCUT2D eigenvalue weighted by Gasteiger charge is -2.26. The third kappa shape index (κ3) is 2.95. The first kappa shape index (κ1) is 16.3. The molecule has 1 saturated heterocycles. The molecule has 3 aromatic rings. The number of aryl methyl sites for hydroxylation is 1. The molecular formula is C21H20N4O. The Balaban J connectivity index is 1.65. The smallest absolute Gasteiger partial charge is 0.226 e. The maximum absolute atomic E-state index is 12.2. The summed E-state index contributed by atoms with van der Waals surface area (Å²) in [5, 5.41) is 8.92. The van der Waals surface area contributed by atoms with Gasteiger partial charge in [0.1, 0.15) is 5.82 Å². The molecule has 26 heavy (non-hydrogen) atoms. The van der Waals surface area contributed by atoms with Crippen LogP contribution in [0.3, 0.4) is 0 Å². The first-order valence-electron chi connectivity index (χ1n) is 8.90. The summed E-state index contributed by atoms with van der Waals surface area (Å²) in [6, 6.07) is 15.8. The maximum atomic E-state index is 12.2. The van der Waals surface area contributed by atoms with Crippen LogP contribution in [0.15, 0.2) is 42.5 Å². The third-order valence-corrected chi connectivity index (χ3v) is 5.04. The summed E-state index contributed by atoms with van der Waals surface area (Å²) in [5.74, 6) is 1.16. The Kier molecular flexibility index (Phi) is 4.18. The Morgan fingerprint density at radius 1 is 1.15 bits per heavy atom. The first-order valence-corrected chi connectivity index (χ1v) is 8.90. The molecule has 0 unspecified atom stereocenters. The molecule has 1 fully saturated rings. The number of nitriles is 1. The Morgan fingerprint density at radius 3 is 2.69 bits per heavy atom. The van der Waals surface area contributed by atoms with Crippen LogP contribution in [0.2, 0.25) is 0 Å². The summed E-state index contributed by atoms with van der Waals surface area (Å²) >= 11 is 0. The Hall–Kier alpha value is -3.13. The molecule has 1 aliphatic heterocycles. The topological polar surface area (TPSA) is 61.9 Å². The first-order chi connectivity index (χ1) is 12.7. The zero-order chi connectivity index (χ0) is 18.1. The predicted molar refractivity (Wildman–Crippen MR) is 101 cm³/mol. The largest absolute Gasteiger partial charge is 0.331 e. The number of anilines is 1. The number of hydrogen-bond acceptors (Lipinski definition) is 3. The van der Waals surface area contributed by atoms with E-state index in [0.717, 1.165) is 47.5 Å². The van der Waals surface area contributed by atoms with E-state index in [2.05, 4.69) is 10.6 Å². The van der Waals surface area contributed by atoms with Crippen molar-refractivity contribution in [3.05, 3.63) is 59.4 Å². The van der Waals surface area contributed by atoms with Crippen molar-refractivity contribution in [3.8, 4) is 6.07 Å². The minimum atomic E-state index is 0.198. The molecule has 0 radical (unpaired) electrons. The molecule has 4 rings (SSSR count). The number of carbonyl (C=O) groups excluding carboxylic acids is 1. The Bertz CT molecular complexity index is 1010. The van der Waals surface area contributed by atoms with E-state index in [1.807, 2.05) is 54.4 Å². The van der Waals surface area contributed by atoms with Gasteiger partial charge in [-0.3, -0.25) is 4.79 Å². The zero-order valence-electron chi connectivity index (χ0n) is 14.8. The Labute approximate surface area is 152 Å². The van der Waals surface area contributed by atoms with Crippen LogP contribution < -0.4 is 4.90 Å². The van der Waals surface area contributed by atoms with Gasteiger partial charge in [0.25, 0.3) is 0 Å². The highest BCUT2D eigenvalue weighted by molar-refractivity contribution is 5.96.